The van der Waals surface area contributed by atoms with Gasteiger partial charge in [-0.05, 0) is 19.3 Å². The summed E-state index contributed by atoms with van der Waals surface area (Å²) in [5, 5.41) is 9.08. The molecule has 2 aliphatic rings. The zero-order chi connectivity index (χ0) is 20.8. The maximum Gasteiger partial charge on any atom is 0.230 e. The van der Waals surface area contributed by atoms with Crippen molar-refractivity contribution in [3.8, 4) is 0 Å². The van der Waals surface area contributed by atoms with E-state index < -0.39 is 15.3 Å². The van der Waals surface area contributed by atoms with Crippen molar-refractivity contribution in [1.29, 1.82) is 0 Å². The van der Waals surface area contributed by atoms with Gasteiger partial charge in [0.25, 0.3) is 0 Å². The second kappa shape index (κ2) is 9.58. The van der Waals surface area contributed by atoms with Gasteiger partial charge in [0, 0.05) is 46.7 Å². The maximum atomic E-state index is 12.6. The molecule has 0 spiro atoms. The van der Waals surface area contributed by atoms with Crippen LogP contribution in [0.15, 0.2) is 4.99 Å². The van der Waals surface area contributed by atoms with Crippen LogP contribution in [-0.4, -0.2) is 82.9 Å². The molecule has 10 heteroatoms. The summed E-state index contributed by atoms with van der Waals surface area (Å²) in [7, 11) is 2.21. The van der Waals surface area contributed by atoms with Crippen LogP contribution in [-0.2, 0) is 19.4 Å². The Balaban J connectivity index is 1.75. The molecule has 0 aromatic heterocycles. The van der Waals surface area contributed by atoms with E-state index in [-0.39, 0.29) is 35.8 Å². The van der Waals surface area contributed by atoms with Crippen LogP contribution in [0, 0.1) is 5.41 Å². The Kier molecular flexibility index (Phi) is 7.68. The lowest BCUT2D eigenvalue weighted by Crippen LogP contribution is -2.49. The van der Waals surface area contributed by atoms with Crippen LogP contribution in [0.5, 0.6) is 0 Å². The van der Waals surface area contributed by atoms with Crippen LogP contribution in [0.25, 0.3) is 0 Å². The summed E-state index contributed by atoms with van der Waals surface area (Å²) >= 11 is 0. The summed E-state index contributed by atoms with van der Waals surface area (Å²) in [5.41, 5.74) is -0.396. The summed E-state index contributed by atoms with van der Waals surface area (Å²) in [4.78, 5) is 30.4. The fraction of sp³-hybridized carbons (Fsp3) is 0.833. The van der Waals surface area contributed by atoms with Crippen molar-refractivity contribution < 1.29 is 18.0 Å². The summed E-state index contributed by atoms with van der Waals surface area (Å²) in [6.07, 6.45) is 4.52. The summed E-state index contributed by atoms with van der Waals surface area (Å²) in [6, 6.07) is -0.283. The number of nitrogens with zero attached hydrogens (tertiary/aromatic N) is 2. The van der Waals surface area contributed by atoms with Gasteiger partial charge in [0.2, 0.25) is 11.8 Å². The van der Waals surface area contributed by atoms with Gasteiger partial charge in [-0.25, -0.2) is 8.42 Å². The average molecular weight is 416 g/mol. The zero-order valence-corrected chi connectivity index (χ0v) is 17.9. The minimum Gasteiger partial charge on any atom is -0.356 e. The molecule has 9 nitrogen and oxygen atoms in total. The number of hydrogen-bond donors (Lipinski definition) is 3. The molecule has 1 saturated carbocycles. The first-order chi connectivity index (χ1) is 13.2. The fourth-order valence-electron chi connectivity index (χ4n) is 3.97. The Bertz CT molecular complexity index is 699. The molecule has 0 aromatic carbocycles. The molecule has 1 heterocycles. The molecule has 2 rings (SSSR count). The molecule has 1 aliphatic heterocycles. The van der Waals surface area contributed by atoms with Gasteiger partial charge in [-0.15, -0.1) is 0 Å². The Labute approximate surface area is 167 Å². The second-order valence-electron chi connectivity index (χ2n) is 7.96. The van der Waals surface area contributed by atoms with Gasteiger partial charge >= 0.3 is 0 Å². The number of carbonyl (C=O) groups is 2. The molecule has 1 atom stereocenters. The zero-order valence-electron chi connectivity index (χ0n) is 17.1. The summed E-state index contributed by atoms with van der Waals surface area (Å²) in [6.45, 7) is 0.884. The van der Waals surface area contributed by atoms with E-state index in [4.69, 9.17) is 0 Å². The summed E-state index contributed by atoms with van der Waals surface area (Å²) in [5.74, 6) is 0.672. The first kappa shape index (κ1) is 22.4. The predicted octanol–water partition coefficient (Wildman–Crippen LogP) is -0.507. The number of carbonyl (C=O) groups excluding carboxylic acids is 2. The largest absolute Gasteiger partial charge is 0.356 e. The van der Waals surface area contributed by atoms with Gasteiger partial charge < -0.3 is 20.9 Å². The minimum atomic E-state index is -3.00. The van der Waals surface area contributed by atoms with Gasteiger partial charge in [0.15, 0.2) is 15.8 Å². The molecular weight excluding hydrogens is 382 g/mol. The second-order valence-corrected chi connectivity index (χ2v) is 10.2. The highest BCUT2D eigenvalue weighted by Crippen LogP contribution is 2.38. The summed E-state index contributed by atoms with van der Waals surface area (Å²) < 4.78 is 22.9. The number of aliphatic imine (C=N–C) groups is 1. The fourth-order valence-corrected chi connectivity index (χ4v) is 5.64. The van der Waals surface area contributed by atoms with Crippen molar-refractivity contribution in [3.05, 3.63) is 0 Å². The number of amides is 2. The van der Waals surface area contributed by atoms with Crippen LogP contribution in [0.1, 0.15) is 38.5 Å². The third kappa shape index (κ3) is 6.08. The Morgan fingerprint density at radius 2 is 1.86 bits per heavy atom. The lowest BCUT2D eigenvalue weighted by atomic mass is 9.84. The van der Waals surface area contributed by atoms with E-state index in [0.29, 0.717) is 25.5 Å². The van der Waals surface area contributed by atoms with Crippen molar-refractivity contribution in [3.63, 3.8) is 0 Å². The highest BCUT2D eigenvalue weighted by Gasteiger charge is 2.42. The Morgan fingerprint density at radius 3 is 2.39 bits per heavy atom. The molecule has 1 saturated heterocycles. The smallest absolute Gasteiger partial charge is 0.230 e. The molecule has 1 unspecified atom stereocenters. The van der Waals surface area contributed by atoms with E-state index in [2.05, 4.69) is 20.9 Å². The first-order valence-electron chi connectivity index (χ1n) is 9.83. The van der Waals surface area contributed by atoms with E-state index in [0.717, 1.165) is 25.7 Å². The van der Waals surface area contributed by atoms with Crippen molar-refractivity contribution in [2.24, 2.45) is 10.4 Å². The van der Waals surface area contributed by atoms with E-state index in [1.807, 2.05) is 0 Å². The van der Waals surface area contributed by atoms with Crippen LogP contribution >= 0.6 is 0 Å². The molecule has 160 valence electrons. The van der Waals surface area contributed by atoms with Crippen LogP contribution < -0.4 is 16.0 Å². The maximum absolute atomic E-state index is 12.6. The molecule has 2 fully saturated rings. The highest BCUT2D eigenvalue weighted by atomic mass is 32.2. The number of hydrogen-bond acceptors (Lipinski definition) is 5. The molecule has 3 N–H and O–H groups in total. The van der Waals surface area contributed by atoms with Gasteiger partial charge in [-0.2, -0.15) is 0 Å². The molecule has 0 bridgehead atoms. The molecule has 0 aromatic rings. The monoisotopic (exact) mass is 415 g/mol. The lowest BCUT2D eigenvalue weighted by Gasteiger charge is -2.31. The van der Waals surface area contributed by atoms with Crippen molar-refractivity contribution in [2.45, 2.75) is 44.6 Å². The van der Waals surface area contributed by atoms with E-state index >= 15 is 0 Å². The minimum absolute atomic E-state index is 0.0252. The third-order valence-corrected chi connectivity index (χ3v) is 7.25. The van der Waals surface area contributed by atoms with E-state index in [1.54, 1.807) is 26.0 Å². The topological polar surface area (TPSA) is 120 Å². The molecule has 28 heavy (non-hydrogen) atoms. The first-order valence-corrected chi connectivity index (χ1v) is 11.7. The van der Waals surface area contributed by atoms with Gasteiger partial charge in [-0.3, -0.25) is 14.6 Å². The highest BCUT2D eigenvalue weighted by molar-refractivity contribution is 7.91. The molecule has 1 aliphatic carbocycles. The van der Waals surface area contributed by atoms with Crippen molar-refractivity contribution in [1.82, 2.24) is 20.9 Å². The van der Waals surface area contributed by atoms with E-state index in [1.165, 1.54) is 0 Å². The van der Waals surface area contributed by atoms with Gasteiger partial charge in [0.05, 0.1) is 16.9 Å². The van der Waals surface area contributed by atoms with E-state index in [9.17, 15) is 18.0 Å². The predicted molar refractivity (Wildman–Crippen MR) is 109 cm³/mol. The lowest BCUT2D eigenvalue weighted by molar-refractivity contribution is -0.138. The normalized spacial score (nSPS) is 23.2. The average Bonchev–Trinajstić information content (AvgIpc) is 3.24. The van der Waals surface area contributed by atoms with Crippen molar-refractivity contribution >= 4 is 27.6 Å². The van der Waals surface area contributed by atoms with Gasteiger partial charge in [-0.1, -0.05) is 12.8 Å². The third-order valence-electron chi connectivity index (χ3n) is 5.48. The Hall–Kier alpha value is -1.84. The number of sulfone groups is 1. The number of nitrogens with one attached hydrogen (secondary N) is 3. The number of guanidine groups is 1. The van der Waals surface area contributed by atoms with Crippen LogP contribution in [0.4, 0.5) is 0 Å². The van der Waals surface area contributed by atoms with Gasteiger partial charge in [0.1, 0.15) is 0 Å². The Morgan fingerprint density at radius 1 is 1.18 bits per heavy atom. The SMILES string of the molecule is CN=C(NCCC(=O)NC1CCS(=O)(=O)C1)NCC1(C(=O)N(C)C)CCCC1. The van der Waals surface area contributed by atoms with Crippen LogP contribution in [0.3, 0.4) is 0 Å². The quantitative estimate of drug-likeness (QED) is 0.381. The molecule has 2 amide bonds. The van der Waals surface area contributed by atoms with Crippen molar-refractivity contribution in [2.75, 3.05) is 45.7 Å². The molecule has 0 radical (unpaired) electrons. The molecular formula is C18H33N5O4S. The number of rotatable bonds is 7. The standard InChI is InChI=1S/C18H33N5O4S/c1-19-17(21-13-18(8-4-5-9-18)16(25)23(2)3)20-10-6-15(24)22-14-7-11-28(26,27)12-14/h14H,4-13H2,1-3H3,(H,22,24)(H2,19,20,21). The van der Waals surface area contributed by atoms with Crippen LogP contribution in [0.2, 0.25) is 0 Å².